The van der Waals surface area contributed by atoms with Crippen LogP contribution < -0.4 is 15.0 Å². The lowest BCUT2D eigenvalue weighted by Gasteiger charge is -2.23. The molecular weight excluding hydrogens is 216 g/mol. The van der Waals surface area contributed by atoms with E-state index in [0.29, 0.717) is 0 Å². The molecule has 0 fully saturated rings. The molecule has 1 aromatic rings. The molecule has 0 amide bonds. The van der Waals surface area contributed by atoms with Gasteiger partial charge in [-0.3, -0.25) is 0 Å². The summed E-state index contributed by atoms with van der Waals surface area (Å²) in [6.45, 7) is 7.81. The predicted molar refractivity (Wildman–Crippen MR) is 67.6 cm³/mol. The number of nitrogens with one attached hydrogen (secondary N) is 1. The second-order valence-corrected chi connectivity index (χ2v) is 4.06. The van der Waals surface area contributed by atoms with Crippen molar-refractivity contribution in [3.05, 3.63) is 11.3 Å². The van der Waals surface area contributed by atoms with Crippen LogP contribution in [0.1, 0.15) is 25.1 Å². The normalized spacial score (nSPS) is 14.3. The van der Waals surface area contributed by atoms with Gasteiger partial charge in [0.05, 0.1) is 12.8 Å². The maximum Gasteiger partial charge on any atom is 0.228 e. The molecule has 17 heavy (non-hydrogen) atoms. The van der Waals surface area contributed by atoms with Crippen LogP contribution in [0.3, 0.4) is 0 Å². The minimum Gasteiger partial charge on any atom is -0.481 e. The Hall–Kier alpha value is -1.36. The smallest absolute Gasteiger partial charge is 0.228 e. The molecule has 1 N–H and O–H groups in total. The summed E-state index contributed by atoms with van der Waals surface area (Å²) in [6.07, 6.45) is 0.942. The molecule has 0 spiro atoms. The van der Waals surface area contributed by atoms with Gasteiger partial charge in [-0.25, -0.2) is 4.98 Å². The van der Waals surface area contributed by atoms with E-state index in [1.165, 1.54) is 0 Å². The number of nitrogens with zero attached hydrogens (tertiary/aromatic N) is 3. The molecule has 5 heteroatoms. The molecule has 2 heterocycles. The molecular formula is C12H20N4O. The van der Waals surface area contributed by atoms with Gasteiger partial charge in [0.25, 0.3) is 0 Å². The molecule has 0 radical (unpaired) electrons. The van der Waals surface area contributed by atoms with Crippen LogP contribution in [-0.2, 0) is 13.0 Å². The highest BCUT2D eigenvalue weighted by Crippen LogP contribution is 2.24. The summed E-state index contributed by atoms with van der Waals surface area (Å²) in [4.78, 5) is 11.3. The molecule has 5 nitrogen and oxygen atoms in total. The number of hydrogen-bond acceptors (Lipinski definition) is 5. The Bertz CT molecular complexity index is 373. The van der Waals surface area contributed by atoms with Crippen LogP contribution in [-0.4, -0.2) is 36.7 Å². The van der Waals surface area contributed by atoms with E-state index in [-0.39, 0.29) is 0 Å². The van der Waals surface area contributed by atoms with Gasteiger partial charge < -0.3 is 15.0 Å². The van der Waals surface area contributed by atoms with Crippen LogP contribution in [0.4, 0.5) is 5.95 Å². The van der Waals surface area contributed by atoms with E-state index in [1.54, 1.807) is 7.11 Å². The first-order chi connectivity index (χ1) is 8.30. The van der Waals surface area contributed by atoms with Crippen molar-refractivity contribution in [1.82, 2.24) is 15.3 Å². The Morgan fingerprint density at radius 1 is 1.29 bits per heavy atom. The van der Waals surface area contributed by atoms with Crippen LogP contribution in [0.5, 0.6) is 5.88 Å². The van der Waals surface area contributed by atoms with Crippen molar-refractivity contribution < 1.29 is 4.74 Å². The quantitative estimate of drug-likeness (QED) is 0.844. The Morgan fingerprint density at radius 3 is 2.71 bits per heavy atom. The van der Waals surface area contributed by atoms with Gasteiger partial charge in [-0.2, -0.15) is 4.98 Å². The van der Waals surface area contributed by atoms with Crippen molar-refractivity contribution in [2.45, 2.75) is 26.8 Å². The average molecular weight is 236 g/mol. The number of anilines is 1. The summed E-state index contributed by atoms with van der Waals surface area (Å²) >= 11 is 0. The molecule has 0 unspecified atom stereocenters. The Kier molecular flexibility index (Phi) is 3.78. The van der Waals surface area contributed by atoms with Crippen LogP contribution in [0, 0.1) is 0 Å². The topological polar surface area (TPSA) is 50.3 Å². The van der Waals surface area contributed by atoms with Crippen molar-refractivity contribution in [3.8, 4) is 5.88 Å². The van der Waals surface area contributed by atoms with E-state index in [4.69, 9.17) is 4.74 Å². The number of methoxy groups -OCH3 is 1. The van der Waals surface area contributed by atoms with E-state index < -0.39 is 0 Å². The van der Waals surface area contributed by atoms with Gasteiger partial charge in [0.15, 0.2) is 0 Å². The highest BCUT2D eigenvalue weighted by Gasteiger charge is 2.19. The molecule has 0 atom stereocenters. The van der Waals surface area contributed by atoms with Crippen molar-refractivity contribution in [2.75, 3.05) is 31.6 Å². The zero-order chi connectivity index (χ0) is 12.3. The summed E-state index contributed by atoms with van der Waals surface area (Å²) in [7, 11) is 1.68. The maximum absolute atomic E-state index is 5.39. The van der Waals surface area contributed by atoms with Gasteiger partial charge in [-0.05, 0) is 26.8 Å². The van der Waals surface area contributed by atoms with Gasteiger partial charge in [-0.15, -0.1) is 0 Å². The minimum absolute atomic E-state index is 0.735. The molecule has 1 aliphatic heterocycles. The lowest BCUT2D eigenvalue weighted by atomic mass is 10.1. The molecule has 0 saturated carbocycles. The van der Waals surface area contributed by atoms with E-state index in [2.05, 4.69) is 34.0 Å². The largest absolute Gasteiger partial charge is 0.481 e. The SMILES string of the molecule is CCN(CC)c1nc2c(c(OC)n1)CCNC2. The third kappa shape index (κ3) is 2.34. The molecule has 0 aliphatic carbocycles. The monoisotopic (exact) mass is 236 g/mol. The van der Waals surface area contributed by atoms with Crippen molar-refractivity contribution in [1.29, 1.82) is 0 Å². The zero-order valence-electron chi connectivity index (χ0n) is 10.8. The fourth-order valence-electron chi connectivity index (χ4n) is 2.13. The Morgan fingerprint density at radius 2 is 2.06 bits per heavy atom. The molecule has 0 saturated heterocycles. The van der Waals surface area contributed by atoms with Gasteiger partial charge in [0, 0.05) is 25.2 Å². The van der Waals surface area contributed by atoms with Crippen molar-refractivity contribution in [2.24, 2.45) is 0 Å². The number of aromatic nitrogens is 2. The lowest BCUT2D eigenvalue weighted by Crippen LogP contribution is -2.29. The lowest BCUT2D eigenvalue weighted by molar-refractivity contribution is 0.386. The van der Waals surface area contributed by atoms with E-state index >= 15 is 0 Å². The first-order valence-corrected chi connectivity index (χ1v) is 6.19. The van der Waals surface area contributed by atoms with Crippen LogP contribution in [0.25, 0.3) is 0 Å². The molecule has 1 aliphatic rings. The highest BCUT2D eigenvalue weighted by molar-refractivity contribution is 5.41. The van der Waals surface area contributed by atoms with Crippen LogP contribution in [0.2, 0.25) is 0 Å². The second kappa shape index (κ2) is 5.31. The van der Waals surface area contributed by atoms with Gasteiger partial charge >= 0.3 is 0 Å². The van der Waals surface area contributed by atoms with Gasteiger partial charge in [0.2, 0.25) is 11.8 Å². The molecule has 0 aromatic carbocycles. The standard InChI is InChI=1S/C12H20N4O/c1-4-16(5-2)12-14-10-8-13-7-6-9(10)11(15-12)17-3/h13H,4-8H2,1-3H3. The van der Waals surface area contributed by atoms with Crippen molar-refractivity contribution in [3.63, 3.8) is 0 Å². The number of ether oxygens (including phenoxy) is 1. The van der Waals surface area contributed by atoms with E-state index in [1.807, 2.05) is 0 Å². The Balaban J connectivity index is 2.42. The van der Waals surface area contributed by atoms with Gasteiger partial charge in [0.1, 0.15) is 0 Å². The third-order valence-corrected chi connectivity index (χ3v) is 3.13. The summed E-state index contributed by atoms with van der Waals surface area (Å²) in [5, 5.41) is 3.33. The second-order valence-electron chi connectivity index (χ2n) is 4.06. The van der Waals surface area contributed by atoms with Crippen LogP contribution >= 0.6 is 0 Å². The molecule has 2 rings (SSSR count). The zero-order valence-corrected chi connectivity index (χ0v) is 10.8. The average Bonchev–Trinajstić information content (AvgIpc) is 2.39. The summed E-state index contributed by atoms with van der Waals surface area (Å²) in [6, 6.07) is 0. The number of rotatable bonds is 4. The van der Waals surface area contributed by atoms with E-state index in [0.717, 1.165) is 55.7 Å². The maximum atomic E-state index is 5.39. The first kappa shape index (κ1) is 12.1. The predicted octanol–water partition coefficient (Wildman–Crippen LogP) is 0.977. The molecule has 0 bridgehead atoms. The van der Waals surface area contributed by atoms with E-state index in [9.17, 15) is 0 Å². The van der Waals surface area contributed by atoms with Crippen molar-refractivity contribution >= 4 is 5.95 Å². The number of hydrogen-bond donors (Lipinski definition) is 1. The molecule has 94 valence electrons. The highest BCUT2D eigenvalue weighted by atomic mass is 16.5. The fraction of sp³-hybridized carbons (Fsp3) is 0.667. The van der Waals surface area contributed by atoms with Crippen LogP contribution in [0.15, 0.2) is 0 Å². The summed E-state index contributed by atoms with van der Waals surface area (Å²) in [5.74, 6) is 1.51. The summed E-state index contributed by atoms with van der Waals surface area (Å²) in [5.41, 5.74) is 2.23. The number of fused-ring (bicyclic) bond motifs is 1. The minimum atomic E-state index is 0.735. The first-order valence-electron chi connectivity index (χ1n) is 6.19. The Labute approximate surface area is 102 Å². The van der Waals surface area contributed by atoms with Gasteiger partial charge in [-0.1, -0.05) is 0 Å². The third-order valence-electron chi connectivity index (χ3n) is 3.13. The fourth-order valence-corrected chi connectivity index (χ4v) is 2.13. The summed E-state index contributed by atoms with van der Waals surface area (Å²) < 4.78 is 5.39. The molecule has 1 aromatic heterocycles.